The van der Waals surface area contributed by atoms with Crippen LogP contribution in [0.4, 0.5) is 13.2 Å². The lowest BCUT2D eigenvalue weighted by atomic mass is 10.2. The Morgan fingerprint density at radius 2 is 1.80 bits per heavy atom. The molecule has 0 aromatic rings. The Morgan fingerprint density at radius 3 is 2.27 bits per heavy atom. The summed E-state index contributed by atoms with van der Waals surface area (Å²) in [5.74, 6) is 0.552. The maximum atomic E-state index is 11.8. The van der Waals surface area contributed by atoms with Crippen LogP contribution in [0.15, 0.2) is 0 Å². The molecule has 0 aromatic heterocycles. The second-order valence-corrected chi connectivity index (χ2v) is 4.12. The van der Waals surface area contributed by atoms with E-state index in [1.165, 1.54) is 0 Å². The standard InChI is InChI=1S/C10H20F3NO/c1-8(2)6-14-5-4-9(3)15-7-10(11,12)13/h8-9,14H,4-7H2,1-3H3. The number of rotatable bonds is 7. The number of hydrogen-bond acceptors (Lipinski definition) is 2. The van der Waals surface area contributed by atoms with E-state index < -0.39 is 12.8 Å². The molecule has 0 bridgehead atoms. The van der Waals surface area contributed by atoms with Crippen molar-refractivity contribution in [1.82, 2.24) is 5.32 Å². The quantitative estimate of drug-likeness (QED) is 0.675. The average Bonchev–Trinajstić information content (AvgIpc) is 2.07. The summed E-state index contributed by atoms with van der Waals surface area (Å²) in [5.41, 5.74) is 0. The Labute approximate surface area is 89.2 Å². The van der Waals surface area contributed by atoms with Crippen LogP contribution in [-0.4, -0.2) is 32.0 Å². The third-order valence-corrected chi connectivity index (χ3v) is 1.81. The molecule has 0 aliphatic heterocycles. The second kappa shape index (κ2) is 7.06. The van der Waals surface area contributed by atoms with Gasteiger partial charge in [-0.2, -0.15) is 13.2 Å². The van der Waals surface area contributed by atoms with Crippen molar-refractivity contribution in [3.05, 3.63) is 0 Å². The minimum atomic E-state index is -4.22. The molecule has 0 rings (SSSR count). The summed E-state index contributed by atoms with van der Waals surface area (Å²) in [5, 5.41) is 3.15. The highest BCUT2D eigenvalue weighted by atomic mass is 19.4. The fourth-order valence-electron chi connectivity index (χ4n) is 1.02. The minimum absolute atomic E-state index is 0.355. The van der Waals surface area contributed by atoms with Gasteiger partial charge < -0.3 is 10.1 Å². The molecule has 0 amide bonds. The SMILES string of the molecule is CC(C)CNCCC(C)OCC(F)(F)F. The smallest absolute Gasteiger partial charge is 0.369 e. The highest BCUT2D eigenvalue weighted by molar-refractivity contribution is 4.57. The van der Waals surface area contributed by atoms with Crippen LogP contribution in [0.2, 0.25) is 0 Å². The van der Waals surface area contributed by atoms with E-state index in [0.29, 0.717) is 18.9 Å². The van der Waals surface area contributed by atoms with Crippen LogP contribution >= 0.6 is 0 Å². The molecular weight excluding hydrogens is 207 g/mol. The van der Waals surface area contributed by atoms with E-state index in [1.54, 1.807) is 6.92 Å². The zero-order valence-corrected chi connectivity index (χ0v) is 9.53. The van der Waals surface area contributed by atoms with Gasteiger partial charge in [0, 0.05) is 0 Å². The lowest BCUT2D eigenvalue weighted by molar-refractivity contribution is -0.184. The molecule has 0 spiro atoms. The van der Waals surface area contributed by atoms with Gasteiger partial charge in [0.25, 0.3) is 0 Å². The van der Waals surface area contributed by atoms with Crippen LogP contribution in [0.3, 0.4) is 0 Å². The Hall–Kier alpha value is -0.290. The molecule has 0 fully saturated rings. The van der Waals surface area contributed by atoms with E-state index >= 15 is 0 Å². The third-order valence-electron chi connectivity index (χ3n) is 1.81. The van der Waals surface area contributed by atoms with Gasteiger partial charge in [-0.15, -0.1) is 0 Å². The molecular formula is C10H20F3NO. The van der Waals surface area contributed by atoms with Gasteiger partial charge in [0.2, 0.25) is 0 Å². The van der Waals surface area contributed by atoms with Crippen molar-refractivity contribution in [2.24, 2.45) is 5.92 Å². The average molecular weight is 227 g/mol. The van der Waals surface area contributed by atoms with E-state index in [0.717, 1.165) is 6.54 Å². The lowest BCUT2D eigenvalue weighted by Gasteiger charge is -2.15. The van der Waals surface area contributed by atoms with Crippen LogP contribution in [0.25, 0.3) is 0 Å². The summed E-state index contributed by atoms with van der Waals surface area (Å²) in [6, 6.07) is 0. The van der Waals surface area contributed by atoms with Gasteiger partial charge in [-0.1, -0.05) is 13.8 Å². The molecule has 0 saturated carbocycles. The molecule has 0 aliphatic carbocycles. The molecule has 1 unspecified atom stereocenters. The summed E-state index contributed by atoms with van der Waals surface area (Å²) < 4.78 is 40.0. The Kier molecular flexibility index (Phi) is 6.92. The Balaban J connectivity index is 3.38. The topological polar surface area (TPSA) is 21.3 Å². The molecule has 0 heterocycles. The van der Waals surface area contributed by atoms with Gasteiger partial charge >= 0.3 is 6.18 Å². The van der Waals surface area contributed by atoms with Crippen molar-refractivity contribution in [2.45, 2.75) is 39.5 Å². The van der Waals surface area contributed by atoms with Crippen molar-refractivity contribution >= 4 is 0 Å². The predicted molar refractivity (Wildman–Crippen MR) is 53.8 cm³/mol. The van der Waals surface area contributed by atoms with Crippen LogP contribution in [0, 0.1) is 5.92 Å². The van der Waals surface area contributed by atoms with Gasteiger partial charge in [0.05, 0.1) is 6.10 Å². The van der Waals surface area contributed by atoms with E-state index in [-0.39, 0.29) is 6.10 Å². The van der Waals surface area contributed by atoms with Gasteiger partial charge in [0.15, 0.2) is 0 Å². The van der Waals surface area contributed by atoms with E-state index in [9.17, 15) is 13.2 Å². The largest absolute Gasteiger partial charge is 0.411 e. The number of hydrogen-bond donors (Lipinski definition) is 1. The molecule has 1 atom stereocenters. The summed E-state index contributed by atoms with van der Waals surface area (Å²) in [6.45, 7) is 6.23. The van der Waals surface area contributed by atoms with Crippen LogP contribution in [-0.2, 0) is 4.74 Å². The minimum Gasteiger partial charge on any atom is -0.369 e. The number of alkyl halides is 3. The number of nitrogens with one attached hydrogen (secondary N) is 1. The summed E-state index contributed by atoms with van der Waals surface area (Å²) in [7, 11) is 0. The third kappa shape index (κ3) is 11.6. The first-order chi connectivity index (χ1) is 6.81. The molecule has 0 saturated heterocycles. The van der Waals surface area contributed by atoms with Gasteiger partial charge in [-0.25, -0.2) is 0 Å². The first kappa shape index (κ1) is 14.7. The first-order valence-electron chi connectivity index (χ1n) is 5.20. The van der Waals surface area contributed by atoms with Gasteiger partial charge in [-0.3, -0.25) is 0 Å². The molecule has 0 aliphatic rings. The van der Waals surface area contributed by atoms with Crippen molar-refractivity contribution in [3.63, 3.8) is 0 Å². The van der Waals surface area contributed by atoms with E-state index in [4.69, 9.17) is 0 Å². The molecule has 92 valence electrons. The highest BCUT2D eigenvalue weighted by Crippen LogP contribution is 2.15. The molecule has 1 N–H and O–H groups in total. The van der Waals surface area contributed by atoms with Crippen LogP contribution < -0.4 is 5.32 Å². The molecule has 0 aromatic carbocycles. The molecule has 5 heteroatoms. The number of halogens is 3. The molecule has 15 heavy (non-hydrogen) atoms. The highest BCUT2D eigenvalue weighted by Gasteiger charge is 2.28. The van der Waals surface area contributed by atoms with E-state index in [1.807, 2.05) is 0 Å². The first-order valence-corrected chi connectivity index (χ1v) is 5.20. The maximum Gasteiger partial charge on any atom is 0.411 e. The van der Waals surface area contributed by atoms with Crippen molar-refractivity contribution in [3.8, 4) is 0 Å². The molecule has 0 radical (unpaired) electrons. The number of ether oxygens (including phenoxy) is 1. The fourth-order valence-corrected chi connectivity index (χ4v) is 1.02. The monoisotopic (exact) mass is 227 g/mol. The van der Waals surface area contributed by atoms with Crippen LogP contribution in [0.5, 0.6) is 0 Å². The zero-order chi connectivity index (χ0) is 11.9. The second-order valence-electron chi connectivity index (χ2n) is 4.12. The Bertz CT molecular complexity index is 159. The van der Waals surface area contributed by atoms with Crippen molar-refractivity contribution in [1.29, 1.82) is 0 Å². The van der Waals surface area contributed by atoms with Gasteiger partial charge in [0.1, 0.15) is 6.61 Å². The maximum absolute atomic E-state index is 11.8. The van der Waals surface area contributed by atoms with Crippen molar-refractivity contribution in [2.75, 3.05) is 19.7 Å². The lowest BCUT2D eigenvalue weighted by Crippen LogP contribution is -2.26. The van der Waals surface area contributed by atoms with Gasteiger partial charge in [-0.05, 0) is 32.4 Å². The van der Waals surface area contributed by atoms with Crippen molar-refractivity contribution < 1.29 is 17.9 Å². The summed E-state index contributed by atoms with van der Waals surface area (Å²) in [4.78, 5) is 0. The van der Waals surface area contributed by atoms with Crippen LogP contribution in [0.1, 0.15) is 27.2 Å². The Morgan fingerprint density at radius 1 is 1.20 bits per heavy atom. The zero-order valence-electron chi connectivity index (χ0n) is 9.53. The fraction of sp³-hybridized carbons (Fsp3) is 1.00. The summed E-state index contributed by atoms with van der Waals surface area (Å²) >= 11 is 0. The summed E-state index contributed by atoms with van der Waals surface area (Å²) in [6.07, 6.45) is -3.98. The van der Waals surface area contributed by atoms with E-state index in [2.05, 4.69) is 23.9 Å². The molecule has 2 nitrogen and oxygen atoms in total. The normalized spacial score (nSPS) is 14.6. The predicted octanol–water partition coefficient (Wildman–Crippen LogP) is 2.59.